The summed E-state index contributed by atoms with van der Waals surface area (Å²) in [6.07, 6.45) is 10.3. The highest BCUT2D eigenvalue weighted by molar-refractivity contribution is 5.75. The molecule has 0 fully saturated rings. The van der Waals surface area contributed by atoms with Crippen LogP contribution in [-0.2, 0) is 0 Å². The Morgan fingerprint density at radius 2 is 2.42 bits per heavy atom. The maximum Gasteiger partial charge on any atom is 0.131 e. The first-order valence-electron chi connectivity index (χ1n) is 3.72. The third-order valence-corrected chi connectivity index (χ3v) is 1.54. The molecule has 60 valence electrons. The number of rotatable bonds is 1. The van der Waals surface area contributed by atoms with E-state index in [2.05, 4.69) is 20.4 Å². The third-order valence-electron chi connectivity index (χ3n) is 1.54. The first-order valence-corrected chi connectivity index (χ1v) is 3.72. The summed E-state index contributed by atoms with van der Waals surface area (Å²) >= 11 is 0. The highest BCUT2D eigenvalue weighted by atomic mass is 15.3. The summed E-state index contributed by atoms with van der Waals surface area (Å²) in [6.45, 7) is 0. The molecule has 1 aliphatic rings. The number of H-pyrrole nitrogens is 1. The highest BCUT2D eigenvalue weighted by Crippen LogP contribution is 2.12. The fraction of sp³-hybridized carbons (Fsp3) is 0.125. The summed E-state index contributed by atoms with van der Waals surface area (Å²) in [4.78, 5) is 4.22. The van der Waals surface area contributed by atoms with Crippen molar-refractivity contribution in [2.24, 2.45) is 4.99 Å². The SMILES string of the molecule is C1=CCC=NC(c2cn[nH]n2)=C1. The maximum atomic E-state index is 4.22. The Balaban J connectivity index is 2.34. The molecule has 0 aromatic carbocycles. The van der Waals surface area contributed by atoms with Gasteiger partial charge in [-0.1, -0.05) is 12.2 Å². The minimum atomic E-state index is 0.776. The van der Waals surface area contributed by atoms with Crippen LogP contribution in [0.1, 0.15) is 12.1 Å². The van der Waals surface area contributed by atoms with Gasteiger partial charge in [0, 0.05) is 12.6 Å². The van der Waals surface area contributed by atoms with Gasteiger partial charge in [0.2, 0.25) is 0 Å². The van der Waals surface area contributed by atoms with E-state index in [9.17, 15) is 0 Å². The van der Waals surface area contributed by atoms with Crippen molar-refractivity contribution in [3.63, 3.8) is 0 Å². The molecule has 2 rings (SSSR count). The highest BCUT2D eigenvalue weighted by Gasteiger charge is 2.01. The van der Waals surface area contributed by atoms with E-state index < -0.39 is 0 Å². The smallest absolute Gasteiger partial charge is 0.131 e. The van der Waals surface area contributed by atoms with Crippen molar-refractivity contribution < 1.29 is 0 Å². The van der Waals surface area contributed by atoms with E-state index in [-0.39, 0.29) is 0 Å². The van der Waals surface area contributed by atoms with Crippen LogP contribution in [0.25, 0.3) is 5.70 Å². The molecule has 4 nitrogen and oxygen atoms in total. The Bertz CT molecular complexity index is 332. The molecule has 0 radical (unpaired) electrons. The van der Waals surface area contributed by atoms with Crippen LogP contribution < -0.4 is 0 Å². The molecule has 0 atom stereocenters. The van der Waals surface area contributed by atoms with Crippen molar-refractivity contribution in [1.29, 1.82) is 0 Å². The summed E-state index contributed by atoms with van der Waals surface area (Å²) < 4.78 is 0. The average Bonchev–Trinajstić information content (AvgIpc) is 2.48. The lowest BCUT2D eigenvalue weighted by Gasteiger charge is -1.90. The van der Waals surface area contributed by atoms with Gasteiger partial charge < -0.3 is 0 Å². The third kappa shape index (κ3) is 1.32. The van der Waals surface area contributed by atoms with E-state index in [1.165, 1.54) is 0 Å². The van der Waals surface area contributed by atoms with E-state index in [1.807, 2.05) is 24.4 Å². The Morgan fingerprint density at radius 1 is 1.42 bits per heavy atom. The number of nitrogens with zero attached hydrogens (tertiary/aromatic N) is 3. The number of nitrogens with one attached hydrogen (secondary N) is 1. The quantitative estimate of drug-likeness (QED) is 0.670. The molecule has 0 aliphatic carbocycles. The summed E-state index contributed by atoms with van der Waals surface area (Å²) in [5.41, 5.74) is 1.62. The molecule has 0 saturated carbocycles. The molecular weight excluding hydrogens is 152 g/mol. The van der Waals surface area contributed by atoms with Gasteiger partial charge in [-0.15, -0.1) is 0 Å². The molecule has 4 heteroatoms. The number of hydrogen-bond donors (Lipinski definition) is 1. The van der Waals surface area contributed by atoms with Gasteiger partial charge in [-0.3, -0.25) is 4.99 Å². The number of aromatic nitrogens is 3. The zero-order chi connectivity index (χ0) is 8.23. The minimum absolute atomic E-state index is 0.776. The lowest BCUT2D eigenvalue weighted by molar-refractivity contribution is 0.935. The first-order chi connectivity index (χ1) is 5.97. The lowest BCUT2D eigenvalue weighted by atomic mass is 10.3. The van der Waals surface area contributed by atoms with E-state index >= 15 is 0 Å². The molecule has 2 heterocycles. The first kappa shape index (κ1) is 6.97. The van der Waals surface area contributed by atoms with Crippen LogP contribution in [0.5, 0.6) is 0 Å². The number of hydrogen-bond acceptors (Lipinski definition) is 3. The minimum Gasteiger partial charge on any atom is -0.259 e. The summed E-state index contributed by atoms with van der Waals surface area (Å²) in [6, 6.07) is 0. The number of aromatic amines is 1. The number of allylic oxidation sites excluding steroid dienone is 3. The van der Waals surface area contributed by atoms with Gasteiger partial charge in [-0.2, -0.15) is 15.4 Å². The van der Waals surface area contributed by atoms with Crippen LogP contribution in [0, 0.1) is 0 Å². The predicted octanol–water partition coefficient (Wildman–Crippen LogP) is 1.18. The van der Waals surface area contributed by atoms with Gasteiger partial charge in [0.1, 0.15) is 5.69 Å². The van der Waals surface area contributed by atoms with Gasteiger partial charge in [-0.25, -0.2) is 0 Å². The summed E-state index contributed by atoms with van der Waals surface area (Å²) in [5.74, 6) is 0. The van der Waals surface area contributed by atoms with Crippen LogP contribution in [0.15, 0.2) is 29.4 Å². The van der Waals surface area contributed by atoms with Gasteiger partial charge in [-0.05, 0) is 6.08 Å². The van der Waals surface area contributed by atoms with Gasteiger partial charge in [0.15, 0.2) is 0 Å². The second kappa shape index (κ2) is 3.13. The van der Waals surface area contributed by atoms with E-state index in [0.29, 0.717) is 0 Å². The monoisotopic (exact) mass is 160 g/mol. The Kier molecular flexibility index (Phi) is 1.82. The molecule has 1 aliphatic heterocycles. The lowest BCUT2D eigenvalue weighted by Crippen LogP contribution is -1.80. The van der Waals surface area contributed by atoms with E-state index in [4.69, 9.17) is 0 Å². The molecule has 0 unspecified atom stereocenters. The van der Waals surface area contributed by atoms with Crippen LogP contribution >= 0.6 is 0 Å². The van der Waals surface area contributed by atoms with Crippen LogP contribution in [-0.4, -0.2) is 21.6 Å². The van der Waals surface area contributed by atoms with Crippen LogP contribution in [0.4, 0.5) is 0 Å². The van der Waals surface area contributed by atoms with Crippen molar-refractivity contribution in [2.45, 2.75) is 6.42 Å². The predicted molar refractivity (Wildman–Crippen MR) is 46.6 cm³/mol. The Hall–Kier alpha value is -1.71. The molecule has 1 aromatic rings. The Morgan fingerprint density at radius 3 is 3.25 bits per heavy atom. The van der Waals surface area contributed by atoms with Gasteiger partial charge in [0.05, 0.1) is 11.9 Å². The van der Waals surface area contributed by atoms with Crippen molar-refractivity contribution in [3.8, 4) is 0 Å². The van der Waals surface area contributed by atoms with Crippen LogP contribution in [0.2, 0.25) is 0 Å². The Labute approximate surface area is 69.7 Å². The van der Waals surface area contributed by atoms with Crippen molar-refractivity contribution in [2.75, 3.05) is 0 Å². The molecular formula is C8H8N4. The maximum absolute atomic E-state index is 4.22. The van der Waals surface area contributed by atoms with Gasteiger partial charge >= 0.3 is 0 Å². The molecule has 0 spiro atoms. The normalized spacial score (nSPS) is 15.8. The summed E-state index contributed by atoms with van der Waals surface area (Å²) in [5, 5.41) is 10.2. The molecule has 0 amide bonds. The second-order valence-corrected chi connectivity index (χ2v) is 2.38. The van der Waals surface area contributed by atoms with Crippen molar-refractivity contribution in [1.82, 2.24) is 15.4 Å². The summed E-state index contributed by atoms with van der Waals surface area (Å²) in [7, 11) is 0. The largest absolute Gasteiger partial charge is 0.259 e. The van der Waals surface area contributed by atoms with Crippen LogP contribution in [0.3, 0.4) is 0 Å². The van der Waals surface area contributed by atoms with E-state index in [0.717, 1.165) is 17.8 Å². The molecule has 0 bridgehead atoms. The number of aliphatic imine (C=N–C) groups is 1. The molecule has 0 saturated heterocycles. The fourth-order valence-corrected chi connectivity index (χ4v) is 0.969. The standard InChI is InChI=1S/C8H8N4/c1-2-4-7(9-5-3-1)8-6-10-12-11-8/h1-2,4-6H,3H2,(H,10,11,12). The molecule has 12 heavy (non-hydrogen) atoms. The molecule has 1 N–H and O–H groups in total. The average molecular weight is 160 g/mol. The topological polar surface area (TPSA) is 53.9 Å². The molecule has 1 aromatic heterocycles. The zero-order valence-corrected chi connectivity index (χ0v) is 6.44. The zero-order valence-electron chi connectivity index (χ0n) is 6.44. The van der Waals surface area contributed by atoms with Gasteiger partial charge in [0.25, 0.3) is 0 Å². The van der Waals surface area contributed by atoms with Crippen molar-refractivity contribution >= 4 is 11.9 Å². The second-order valence-electron chi connectivity index (χ2n) is 2.38. The van der Waals surface area contributed by atoms with E-state index in [1.54, 1.807) is 6.20 Å². The van der Waals surface area contributed by atoms with Crippen molar-refractivity contribution in [3.05, 3.63) is 30.1 Å². The fourth-order valence-electron chi connectivity index (χ4n) is 0.969.